The number of benzene rings is 1. The summed E-state index contributed by atoms with van der Waals surface area (Å²) in [6.45, 7) is 1.58. The molecular weight excluding hydrogens is 305 g/mol. The molecule has 3 rings (SSSR count). The van der Waals surface area contributed by atoms with Crippen LogP contribution in [-0.4, -0.2) is 29.0 Å². The van der Waals surface area contributed by atoms with Gasteiger partial charge in [0.05, 0.1) is 6.04 Å². The number of hydrogen-bond acceptors (Lipinski definition) is 2. The molecule has 0 radical (unpaired) electrons. The summed E-state index contributed by atoms with van der Waals surface area (Å²) in [6, 6.07) is 9.62. The van der Waals surface area contributed by atoms with Crippen molar-refractivity contribution in [1.82, 2.24) is 15.2 Å². The molecule has 1 saturated heterocycles. The Morgan fingerprint density at radius 3 is 2.17 bits per heavy atom. The van der Waals surface area contributed by atoms with Gasteiger partial charge in [0.1, 0.15) is 5.82 Å². The molecule has 126 valence electrons. The number of rotatable bonds is 3. The van der Waals surface area contributed by atoms with Gasteiger partial charge in [-0.15, -0.1) is 0 Å². The van der Waals surface area contributed by atoms with Gasteiger partial charge in [-0.05, 0) is 48.2 Å². The predicted molar refractivity (Wildman–Crippen MR) is 91.1 cm³/mol. The van der Waals surface area contributed by atoms with E-state index in [4.69, 9.17) is 0 Å². The fourth-order valence-electron chi connectivity index (χ4n) is 3.06. The monoisotopic (exact) mass is 327 g/mol. The van der Waals surface area contributed by atoms with Crippen LogP contribution in [0, 0.1) is 5.82 Å². The third-order valence-corrected chi connectivity index (χ3v) is 4.40. The van der Waals surface area contributed by atoms with Gasteiger partial charge in [0.2, 0.25) is 0 Å². The van der Waals surface area contributed by atoms with Gasteiger partial charge >= 0.3 is 6.03 Å². The van der Waals surface area contributed by atoms with Crippen LogP contribution in [0.4, 0.5) is 9.18 Å². The highest BCUT2D eigenvalue weighted by atomic mass is 19.1. The fourth-order valence-corrected chi connectivity index (χ4v) is 3.06. The Kier molecular flexibility index (Phi) is 5.41. The summed E-state index contributed by atoms with van der Waals surface area (Å²) in [4.78, 5) is 18.6. The molecule has 4 nitrogen and oxygen atoms in total. The van der Waals surface area contributed by atoms with Crippen LogP contribution in [0.3, 0.4) is 0 Å². The highest BCUT2D eigenvalue weighted by Gasteiger charge is 2.21. The minimum absolute atomic E-state index is 0.0666. The van der Waals surface area contributed by atoms with Crippen molar-refractivity contribution in [1.29, 1.82) is 0 Å². The van der Waals surface area contributed by atoms with E-state index < -0.39 is 0 Å². The molecule has 2 aromatic rings. The highest BCUT2D eigenvalue weighted by Crippen LogP contribution is 2.22. The summed E-state index contributed by atoms with van der Waals surface area (Å²) < 4.78 is 13.2. The zero-order valence-electron chi connectivity index (χ0n) is 13.6. The quantitative estimate of drug-likeness (QED) is 0.929. The second kappa shape index (κ2) is 7.90. The van der Waals surface area contributed by atoms with E-state index in [2.05, 4.69) is 10.3 Å². The smallest absolute Gasteiger partial charge is 0.318 e. The van der Waals surface area contributed by atoms with Crippen LogP contribution in [0.1, 0.15) is 42.9 Å². The normalized spacial score (nSPS) is 16.3. The molecule has 1 N–H and O–H groups in total. The first-order chi connectivity index (χ1) is 11.7. The fraction of sp³-hybridized carbons (Fsp3) is 0.368. The Morgan fingerprint density at radius 2 is 1.54 bits per heavy atom. The average Bonchev–Trinajstić information content (AvgIpc) is 2.91. The van der Waals surface area contributed by atoms with Crippen molar-refractivity contribution >= 4 is 6.03 Å². The van der Waals surface area contributed by atoms with Gasteiger partial charge in [-0.1, -0.05) is 25.0 Å². The first-order valence-electron chi connectivity index (χ1n) is 8.45. The maximum Gasteiger partial charge on any atom is 0.318 e. The van der Waals surface area contributed by atoms with Crippen molar-refractivity contribution < 1.29 is 9.18 Å². The van der Waals surface area contributed by atoms with Crippen molar-refractivity contribution in [3.8, 4) is 0 Å². The summed E-state index contributed by atoms with van der Waals surface area (Å²) in [7, 11) is 0. The molecule has 0 bridgehead atoms. The van der Waals surface area contributed by atoms with Crippen LogP contribution in [-0.2, 0) is 0 Å². The number of aromatic nitrogens is 1. The second-order valence-corrected chi connectivity index (χ2v) is 6.12. The number of halogens is 1. The molecular formula is C19H22FN3O. The molecule has 1 aromatic heterocycles. The maximum atomic E-state index is 13.2. The van der Waals surface area contributed by atoms with Gasteiger partial charge in [0.25, 0.3) is 0 Å². The lowest BCUT2D eigenvalue weighted by Crippen LogP contribution is -2.42. The van der Waals surface area contributed by atoms with Crippen LogP contribution in [0.5, 0.6) is 0 Å². The Bertz CT molecular complexity index is 652. The average molecular weight is 327 g/mol. The largest absolute Gasteiger partial charge is 0.327 e. The predicted octanol–water partition coefficient (Wildman–Crippen LogP) is 3.90. The number of likely N-dealkylation sites (tertiary alicyclic amines) is 1. The standard InChI is InChI=1S/C19H22FN3O/c20-17-7-5-15(6-8-17)18(16-9-11-21-12-10-16)22-19(24)23-13-3-1-2-4-14-23/h5-12,18H,1-4,13-14H2,(H,22,24)/t18-/m0/s1. The molecule has 2 heterocycles. The number of nitrogens with one attached hydrogen (secondary N) is 1. The van der Waals surface area contributed by atoms with Gasteiger partial charge in [0.15, 0.2) is 0 Å². The second-order valence-electron chi connectivity index (χ2n) is 6.12. The Labute approximate surface area is 141 Å². The van der Waals surface area contributed by atoms with E-state index in [1.54, 1.807) is 24.5 Å². The summed E-state index contributed by atoms with van der Waals surface area (Å²) in [5.74, 6) is -0.286. The van der Waals surface area contributed by atoms with E-state index in [-0.39, 0.29) is 17.9 Å². The minimum Gasteiger partial charge on any atom is -0.327 e. The maximum absolute atomic E-state index is 13.2. The number of hydrogen-bond donors (Lipinski definition) is 1. The highest BCUT2D eigenvalue weighted by molar-refractivity contribution is 5.75. The van der Waals surface area contributed by atoms with E-state index in [1.165, 1.54) is 25.0 Å². The zero-order chi connectivity index (χ0) is 16.8. The van der Waals surface area contributed by atoms with Crippen LogP contribution < -0.4 is 5.32 Å². The first kappa shape index (κ1) is 16.4. The summed E-state index contributed by atoms with van der Waals surface area (Å²) >= 11 is 0. The van der Waals surface area contributed by atoms with Gasteiger partial charge in [-0.3, -0.25) is 4.98 Å². The lowest BCUT2D eigenvalue weighted by molar-refractivity contribution is 0.197. The summed E-state index contributed by atoms with van der Waals surface area (Å²) in [5, 5.41) is 3.10. The third-order valence-electron chi connectivity index (χ3n) is 4.40. The molecule has 1 aromatic carbocycles. The van der Waals surface area contributed by atoms with Crippen LogP contribution in [0.15, 0.2) is 48.8 Å². The molecule has 1 atom stereocenters. The van der Waals surface area contributed by atoms with Crippen molar-refractivity contribution in [3.05, 3.63) is 65.7 Å². The van der Waals surface area contributed by atoms with E-state index in [0.717, 1.165) is 37.1 Å². The molecule has 1 fully saturated rings. The number of carbonyl (C=O) groups excluding carboxylic acids is 1. The molecule has 1 aliphatic heterocycles. The third kappa shape index (κ3) is 4.10. The van der Waals surface area contributed by atoms with Gasteiger partial charge in [-0.2, -0.15) is 0 Å². The van der Waals surface area contributed by atoms with Gasteiger partial charge in [-0.25, -0.2) is 9.18 Å². The van der Waals surface area contributed by atoms with E-state index in [9.17, 15) is 9.18 Å². The van der Waals surface area contributed by atoms with E-state index in [0.29, 0.717) is 0 Å². The number of nitrogens with zero attached hydrogens (tertiary/aromatic N) is 2. The van der Waals surface area contributed by atoms with Crippen molar-refractivity contribution in [3.63, 3.8) is 0 Å². The van der Waals surface area contributed by atoms with Crippen LogP contribution in [0.2, 0.25) is 0 Å². The van der Waals surface area contributed by atoms with Crippen molar-refractivity contribution in [2.75, 3.05) is 13.1 Å². The van der Waals surface area contributed by atoms with E-state index in [1.807, 2.05) is 17.0 Å². The topological polar surface area (TPSA) is 45.2 Å². The van der Waals surface area contributed by atoms with Crippen LogP contribution in [0.25, 0.3) is 0 Å². The van der Waals surface area contributed by atoms with Crippen molar-refractivity contribution in [2.24, 2.45) is 0 Å². The van der Waals surface area contributed by atoms with E-state index >= 15 is 0 Å². The van der Waals surface area contributed by atoms with Crippen molar-refractivity contribution in [2.45, 2.75) is 31.7 Å². The molecule has 0 spiro atoms. The lowest BCUT2D eigenvalue weighted by atomic mass is 10.00. The SMILES string of the molecule is O=C(N[C@H](c1ccncc1)c1ccc(F)cc1)N1CCCCCC1. The number of pyridine rings is 1. The zero-order valence-corrected chi connectivity index (χ0v) is 13.6. The summed E-state index contributed by atoms with van der Waals surface area (Å²) in [6.07, 6.45) is 7.84. The van der Waals surface area contributed by atoms with Gasteiger partial charge < -0.3 is 10.2 Å². The van der Waals surface area contributed by atoms with Crippen LogP contribution >= 0.6 is 0 Å². The molecule has 1 aliphatic rings. The lowest BCUT2D eigenvalue weighted by Gasteiger charge is -2.26. The molecule has 0 aliphatic carbocycles. The Morgan fingerprint density at radius 1 is 0.958 bits per heavy atom. The molecule has 24 heavy (non-hydrogen) atoms. The van der Waals surface area contributed by atoms with Gasteiger partial charge in [0, 0.05) is 25.5 Å². The minimum atomic E-state index is -0.315. The molecule has 0 unspecified atom stereocenters. The number of carbonyl (C=O) groups is 1. The Hall–Kier alpha value is -2.43. The molecule has 5 heteroatoms. The number of amides is 2. The first-order valence-corrected chi connectivity index (χ1v) is 8.45. The molecule has 2 amide bonds. The molecule has 0 saturated carbocycles. The number of urea groups is 1. The summed E-state index contributed by atoms with van der Waals surface area (Å²) in [5.41, 5.74) is 1.78. The Balaban J connectivity index is 1.82.